The Morgan fingerprint density at radius 2 is 1.93 bits per heavy atom. The monoisotopic (exact) mass is 415 g/mol. The van der Waals surface area contributed by atoms with Gasteiger partial charge in [0.25, 0.3) is 0 Å². The Balaban J connectivity index is 1.26. The largest absolute Gasteiger partial charge is 0.434 e. The molecule has 0 spiro atoms. The Labute approximate surface area is 166 Å². The maximum absolute atomic E-state index is 12.8. The summed E-state index contributed by atoms with van der Waals surface area (Å²) in [4.78, 5) is 31.3. The lowest BCUT2D eigenvalue weighted by molar-refractivity contribution is -0.141. The Bertz CT molecular complexity index is 760. The van der Waals surface area contributed by atoms with Gasteiger partial charge in [0.1, 0.15) is 6.61 Å². The lowest BCUT2D eigenvalue weighted by Gasteiger charge is -2.43. The van der Waals surface area contributed by atoms with E-state index in [-0.39, 0.29) is 36.6 Å². The molecule has 3 aliphatic heterocycles. The van der Waals surface area contributed by atoms with Crippen molar-refractivity contribution in [3.63, 3.8) is 0 Å². The number of hydrogen-bond donors (Lipinski definition) is 1. The van der Waals surface area contributed by atoms with Crippen LogP contribution in [0.25, 0.3) is 0 Å². The SMILES string of the molecule is O=C1CO[C@H]2CCN(C(=O)N3CCC(Cn4cnc(C(F)(F)F)c4)CC3)C[C@H]2N1. The minimum atomic E-state index is -4.43. The van der Waals surface area contributed by atoms with Gasteiger partial charge in [0, 0.05) is 38.9 Å². The van der Waals surface area contributed by atoms with Crippen LogP contribution in [0.5, 0.6) is 0 Å². The van der Waals surface area contributed by atoms with Crippen molar-refractivity contribution in [3.05, 3.63) is 18.2 Å². The number of morpholine rings is 1. The smallest absolute Gasteiger partial charge is 0.366 e. The molecular formula is C18H24F3N5O3. The number of rotatable bonds is 2. The quantitative estimate of drug-likeness (QED) is 0.790. The molecule has 11 heteroatoms. The maximum atomic E-state index is 12.8. The fourth-order valence-corrected chi connectivity index (χ4v) is 4.28. The number of alkyl halides is 3. The summed E-state index contributed by atoms with van der Waals surface area (Å²) in [6.07, 6.45) is -0.0881. The number of fused-ring (bicyclic) bond motifs is 1. The van der Waals surface area contributed by atoms with Crippen molar-refractivity contribution in [1.82, 2.24) is 24.7 Å². The molecule has 2 atom stereocenters. The molecule has 160 valence electrons. The van der Waals surface area contributed by atoms with E-state index in [1.54, 1.807) is 9.80 Å². The van der Waals surface area contributed by atoms with Crippen molar-refractivity contribution in [3.8, 4) is 0 Å². The van der Waals surface area contributed by atoms with Crippen LogP contribution in [0.3, 0.4) is 0 Å². The van der Waals surface area contributed by atoms with Gasteiger partial charge in [0.2, 0.25) is 5.91 Å². The van der Waals surface area contributed by atoms with E-state index in [1.165, 1.54) is 10.9 Å². The van der Waals surface area contributed by atoms with Gasteiger partial charge in [-0.2, -0.15) is 13.2 Å². The van der Waals surface area contributed by atoms with Crippen LogP contribution in [0.4, 0.5) is 18.0 Å². The fraction of sp³-hybridized carbons (Fsp3) is 0.722. The lowest BCUT2D eigenvalue weighted by atomic mass is 9.96. The number of aromatic nitrogens is 2. The van der Waals surface area contributed by atoms with Crippen LogP contribution in [0, 0.1) is 5.92 Å². The summed E-state index contributed by atoms with van der Waals surface area (Å²) in [5, 5.41) is 2.89. The number of piperidine rings is 2. The molecule has 3 fully saturated rings. The van der Waals surface area contributed by atoms with E-state index in [1.807, 2.05) is 0 Å². The second kappa shape index (κ2) is 7.85. The van der Waals surface area contributed by atoms with Crippen molar-refractivity contribution in [2.75, 3.05) is 32.8 Å². The van der Waals surface area contributed by atoms with E-state index in [2.05, 4.69) is 10.3 Å². The van der Waals surface area contributed by atoms with E-state index < -0.39 is 11.9 Å². The number of urea groups is 1. The average molecular weight is 415 g/mol. The topological polar surface area (TPSA) is 79.7 Å². The number of nitrogens with zero attached hydrogens (tertiary/aromatic N) is 4. The maximum Gasteiger partial charge on any atom is 0.434 e. The van der Waals surface area contributed by atoms with Gasteiger partial charge >= 0.3 is 12.2 Å². The Hall–Kier alpha value is -2.30. The predicted octanol–water partition coefficient (Wildman–Crippen LogP) is 1.32. The molecule has 1 N–H and O–H groups in total. The summed E-state index contributed by atoms with van der Waals surface area (Å²) in [6.45, 7) is 2.69. The molecule has 1 aromatic rings. The molecule has 8 nitrogen and oxygen atoms in total. The zero-order valence-electron chi connectivity index (χ0n) is 15.9. The van der Waals surface area contributed by atoms with Gasteiger partial charge in [-0.05, 0) is 25.2 Å². The average Bonchev–Trinajstić information content (AvgIpc) is 3.16. The van der Waals surface area contributed by atoms with Crippen molar-refractivity contribution >= 4 is 11.9 Å². The summed E-state index contributed by atoms with van der Waals surface area (Å²) >= 11 is 0. The first-order valence-corrected chi connectivity index (χ1v) is 9.83. The van der Waals surface area contributed by atoms with E-state index in [0.29, 0.717) is 39.1 Å². The highest BCUT2D eigenvalue weighted by atomic mass is 19.4. The van der Waals surface area contributed by atoms with Crippen LogP contribution in [-0.4, -0.2) is 76.2 Å². The summed E-state index contributed by atoms with van der Waals surface area (Å²) in [5.74, 6) is 0.0423. The van der Waals surface area contributed by atoms with Crippen molar-refractivity contribution in [2.45, 2.75) is 44.1 Å². The first-order chi connectivity index (χ1) is 13.8. The zero-order valence-corrected chi connectivity index (χ0v) is 15.9. The molecule has 0 aliphatic carbocycles. The Morgan fingerprint density at radius 3 is 2.62 bits per heavy atom. The minimum absolute atomic E-state index is 0.0424. The minimum Gasteiger partial charge on any atom is -0.366 e. The van der Waals surface area contributed by atoms with Crippen molar-refractivity contribution in [1.29, 1.82) is 0 Å². The first kappa shape index (κ1) is 20.0. The highest BCUT2D eigenvalue weighted by molar-refractivity contribution is 5.79. The number of halogens is 3. The molecule has 29 heavy (non-hydrogen) atoms. The zero-order chi connectivity index (χ0) is 20.6. The third kappa shape index (κ3) is 4.49. The van der Waals surface area contributed by atoms with Crippen molar-refractivity contribution < 1.29 is 27.5 Å². The normalized spacial score (nSPS) is 26.2. The second-order valence-corrected chi connectivity index (χ2v) is 7.92. The molecule has 0 radical (unpaired) electrons. The molecule has 0 unspecified atom stereocenters. The highest BCUT2D eigenvalue weighted by Crippen LogP contribution is 2.28. The number of amides is 3. The standard InChI is InChI=1S/C18H24F3N5O3/c19-18(20,21)15-9-24(11-22-15)7-12-1-4-25(5-2-12)17(28)26-6-3-14-13(8-26)23-16(27)10-29-14/h9,11-14H,1-8,10H2,(H,23,27)/t13-,14+/m1/s1. The van der Waals surface area contributed by atoms with E-state index in [4.69, 9.17) is 4.74 Å². The highest BCUT2D eigenvalue weighted by Gasteiger charge is 2.38. The number of nitrogens with one attached hydrogen (secondary N) is 1. The molecular weight excluding hydrogens is 391 g/mol. The number of hydrogen-bond acceptors (Lipinski definition) is 4. The molecule has 3 aliphatic rings. The van der Waals surface area contributed by atoms with Gasteiger partial charge in [-0.3, -0.25) is 4.79 Å². The van der Waals surface area contributed by atoms with Crippen LogP contribution in [0.2, 0.25) is 0 Å². The second-order valence-electron chi connectivity index (χ2n) is 7.92. The van der Waals surface area contributed by atoms with Crippen LogP contribution in [0.1, 0.15) is 25.0 Å². The molecule has 0 bridgehead atoms. The molecule has 0 saturated carbocycles. The fourth-order valence-electron chi connectivity index (χ4n) is 4.28. The predicted molar refractivity (Wildman–Crippen MR) is 94.8 cm³/mol. The molecule has 3 saturated heterocycles. The van der Waals surface area contributed by atoms with Gasteiger partial charge in [0.15, 0.2) is 5.69 Å². The number of carbonyl (C=O) groups is 2. The number of ether oxygens (including phenoxy) is 1. The number of likely N-dealkylation sites (tertiary alicyclic amines) is 2. The molecule has 4 heterocycles. The number of imidazole rings is 1. The first-order valence-electron chi connectivity index (χ1n) is 9.83. The summed E-state index contributed by atoms with van der Waals surface area (Å²) in [7, 11) is 0. The van der Waals surface area contributed by atoms with Crippen LogP contribution in [0.15, 0.2) is 12.5 Å². The Morgan fingerprint density at radius 1 is 1.21 bits per heavy atom. The van der Waals surface area contributed by atoms with E-state index in [9.17, 15) is 22.8 Å². The molecule has 3 amide bonds. The molecule has 0 aromatic carbocycles. The van der Waals surface area contributed by atoms with E-state index in [0.717, 1.165) is 19.0 Å². The van der Waals surface area contributed by atoms with Crippen LogP contribution in [-0.2, 0) is 22.3 Å². The third-order valence-corrected chi connectivity index (χ3v) is 5.87. The van der Waals surface area contributed by atoms with Gasteiger partial charge < -0.3 is 24.4 Å². The summed E-state index contributed by atoms with van der Waals surface area (Å²) in [5.41, 5.74) is -0.882. The van der Waals surface area contributed by atoms with Gasteiger partial charge in [-0.15, -0.1) is 0 Å². The van der Waals surface area contributed by atoms with Crippen LogP contribution < -0.4 is 5.32 Å². The Kier molecular flexibility index (Phi) is 5.41. The van der Waals surface area contributed by atoms with E-state index >= 15 is 0 Å². The number of carbonyl (C=O) groups excluding carboxylic acids is 2. The van der Waals surface area contributed by atoms with Gasteiger partial charge in [0.05, 0.1) is 18.5 Å². The molecule has 1 aromatic heterocycles. The van der Waals surface area contributed by atoms with Crippen LogP contribution >= 0.6 is 0 Å². The molecule has 4 rings (SSSR count). The third-order valence-electron chi connectivity index (χ3n) is 5.87. The van der Waals surface area contributed by atoms with Gasteiger partial charge in [-0.1, -0.05) is 0 Å². The lowest BCUT2D eigenvalue weighted by Crippen LogP contribution is -2.62. The summed E-state index contributed by atoms with van der Waals surface area (Å²) < 4.78 is 45.0. The van der Waals surface area contributed by atoms with Gasteiger partial charge in [-0.25, -0.2) is 9.78 Å². The summed E-state index contributed by atoms with van der Waals surface area (Å²) in [6, 6.07) is -0.223. The van der Waals surface area contributed by atoms with Crippen molar-refractivity contribution in [2.24, 2.45) is 5.92 Å².